The Bertz CT molecular complexity index is 578. The molecule has 1 aromatic carbocycles. The number of hydrogen-bond donors (Lipinski definition) is 1. The highest BCUT2D eigenvalue weighted by atomic mass is 19.4. The zero-order chi connectivity index (χ0) is 16.9. The summed E-state index contributed by atoms with van der Waals surface area (Å²) < 4.78 is 39.3. The monoisotopic (exact) mass is 325 g/mol. The second-order valence-corrected chi connectivity index (χ2v) is 5.59. The Labute approximate surface area is 132 Å². The van der Waals surface area contributed by atoms with Crippen LogP contribution >= 0.6 is 0 Å². The molecule has 0 aromatic heterocycles. The van der Waals surface area contributed by atoms with Gasteiger partial charge in [0.25, 0.3) is 0 Å². The van der Waals surface area contributed by atoms with E-state index < -0.39 is 12.2 Å². The van der Waals surface area contributed by atoms with E-state index in [0.717, 1.165) is 10.6 Å². The molecule has 4 nitrogen and oxygen atoms in total. The van der Waals surface area contributed by atoms with E-state index in [1.54, 1.807) is 12.1 Å². The van der Waals surface area contributed by atoms with E-state index in [1.165, 1.54) is 0 Å². The summed E-state index contributed by atoms with van der Waals surface area (Å²) in [6.45, 7) is 0.0959. The van der Waals surface area contributed by atoms with E-state index >= 15 is 0 Å². The largest absolute Gasteiger partial charge is 0.405 e. The number of nitrogens with one attached hydrogen (secondary N) is 1. The van der Waals surface area contributed by atoms with Crippen LogP contribution in [0, 0.1) is 11.3 Å². The fourth-order valence-electron chi connectivity index (χ4n) is 2.64. The summed E-state index contributed by atoms with van der Waals surface area (Å²) in [6, 6.07) is 7.44. The van der Waals surface area contributed by atoms with Gasteiger partial charge in [-0.1, -0.05) is 18.6 Å². The molecule has 1 N–H and O–H groups in total. The number of carbonyl (C=O) groups excluding carboxylic acids is 1. The number of alkyl halides is 3. The van der Waals surface area contributed by atoms with E-state index in [4.69, 9.17) is 5.26 Å². The Morgan fingerprint density at radius 3 is 2.48 bits per heavy atom. The first-order chi connectivity index (χ1) is 10.9. The maximum Gasteiger partial charge on any atom is 0.405 e. The minimum Gasteiger partial charge on any atom is -0.288 e. The van der Waals surface area contributed by atoms with Crippen molar-refractivity contribution in [2.75, 3.05) is 6.54 Å². The van der Waals surface area contributed by atoms with Gasteiger partial charge in [0.05, 0.1) is 11.6 Å². The summed E-state index contributed by atoms with van der Waals surface area (Å²) in [4.78, 5) is 11.1. The number of unbranched alkanes of at least 4 members (excludes halogenated alkanes) is 1. The van der Waals surface area contributed by atoms with Gasteiger partial charge in [-0.05, 0) is 37.0 Å². The number of halogens is 3. The molecule has 1 saturated heterocycles. The van der Waals surface area contributed by atoms with E-state index in [-0.39, 0.29) is 25.3 Å². The minimum atomic E-state index is -4.36. The average molecular weight is 325 g/mol. The molecular weight excluding hydrogens is 307 g/mol. The van der Waals surface area contributed by atoms with E-state index in [1.807, 2.05) is 18.2 Å². The molecule has 0 unspecified atom stereocenters. The molecule has 7 heteroatoms. The quantitative estimate of drug-likeness (QED) is 0.818. The molecule has 124 valence electrons. The van der Waals surface area contributed by atoms with Crippen molar-refractivity contribution < 1.29 is 18.0 Å². The zero-order valence-corrected chi connectivity index (χ0v) is 12.6. The first-order valence-electron chi connectivity index (χ1n) is 7.52. The van der Waals surface area contributed by atoms with Gasteiger partial charge in [-0.25, -0.2) is 5.01 Å². The molecule has 0 saturated carbocycles. The summed E-state index contributed by atoms with van der Waals surface area (Å²) in [6.07, 6.45) is -2.58. The standard InChI is InChI=1S/C16H18F3N3O/c17-16(18,19)14(22-10-9-15(23)21-22)4-2-1-3-12-5-7-13(11-20)8-6-12/h5-8,14H,1-4,9-10H2,(H,21,23)/t14-/m0/s1. The number of benzene rings is 1. The number of hydrazine groups is 1. The molecule has 1 aromatic rings. The maximum atomic E-state index is 13.1. The van der Waals surface area contributed by atoms with Crippen LogP contribution in [0.5, 0.6) is 0 Å². The fraction of sp³-hybridized carbons (Fsp3) is 0.500. The van der Waals surface area contributed by atoms with Crippen LogP contribution < -0.4 is 5.43 Å². The molecule has 1 fully saturated rings. The van der Waals surface area contributed by atoms with Crippen LogP contribution in [0.2, 0.25) is 0 Å². The Hall–Kier alpha value is -2.07. The lowest BCUT2D eigenvalue weighted by Gasteiger charge is -2.28. The number of carbonyl (C=O) groups is 1. The number of nitrogens with zero attached hydrogens (tertiary/aromatic N) is 2. The van der Waals surface area contributed by atoms with Gasteiger partial charge in [0.2, 0.25) is 5.91 Å². The van der Waals surface area contributed by atoms with Gasteiger partial charge >= 0.3 is 6.18 Å². The average Bonchev–Trinajstić information content (AvgIpc) is 2.92. The third kappa shape index (κ3) is 4.96. The third-order valence-corrected chi connectivity index (χ3v) is 3.88. The Balaban J connectivity index is 1.82. The third-order valence-electron chi connectivity index (χ3n) is 3.88. The number of rotatable bonds is 6. The van der Waals surface area contributed by atoms with Gasteiger partial charge in [0, 0.05) is 13.0 Å². The van der Waals surface area contributed by atoms with Crippen molar-refractivity contribution in [2.45, 2.75) is 44.3 Å². The number of nitriles is 1. The summed E-state index contributed by atoms with van der Waals surface area (Å²) in [7, 11) is 0. The lowest BCUT2D eigenvalue weighted by molar-refractivity contribution is -0.190. The van der Waals surface area contributed by atoms with Gasteiger partial charge < -0.3 is 0 Å². The number of aryl methyl sites for hydroxylation is 1. The lowest BCUT2D eigenvalue weighted by Crippen LogP contribution is -2.49. The highest BCUT2D eigenvalue weighted by molar-refractivity contribution is 5.77. The summed E-state index contributed by atoms with van der Waals surface area (Å²) in [5, 5.41) is 9.72. The Morgan fingerprint density at radius 2 is 1.96 bits per heavy atom. The lowest BCUT2D eigenvalue weighted by atomic mass is 10.0. The van der Waals surface area contributed by atoms with Crippen LogP contribution in [0.4, 0.5) is 13.2 Å². The van der Waals surface area contributed by atoms with Crippen LogP contribution in [0.15, 0.2) is 24.3 Å². The molecule has 1 aliphatic rings. The molecule has 1 amide bonds. The molecule has 1 heterocycles. The normalized spacial score (nSPS) is 16.9. The molecule has 2 rings (SSSR count). The van der Waals surface area contributed by atoms with Gasteiger partial charge in [0.1, 0.15) is 6.04 Å². The molecule has 0 bridgehead atoms. The topological polar surface area (TPSA) is 56.1 Å². The van der Waals surface area contributed by atoms with Gasteiger partial charge in [0.15, 0.2) is 0 Å². The van der Waals surface area contributed by atoms with Crippen LogP contribution in [0.25, 0.3) is 0 Å². The summed E-state index contributed by atoms with van der Waals surface area (Å²) in [5.74, 6) is -0.364. The first kappa shape index (κ1) is 17.3. The highest BCUT2D eigenvalue weighted by Crippen LogP contribution is 2.29. The summed E-state index contributed by atoms with van der Waals surface area (Å²) >= 11 is 0. The molecule has 23 heavy (non-hydrogen) atoms. The minimum absolute atomic E-state index is 0.0416. The van der Waals surface area contributed by atoms with Crippen molar-refractivity contribution in [3.63, 3.8) is 0 Å². The summed E-state index contributed by atoms with van der Waals surface area (Å²) in [5.41, 5.74) is 3.84. The molecule has 0 spiro atoms. The first-order valence-corrected chi connectivity index (χ1v) is 7.52. The van der Waals surface area contributed by atoms with Crippen LogP contribution in [0.3, 0.4) is 0 Å². The second kappa shape index (κ2) is 7.47. The predicted octanol–water partition coefficient (Wildman–Crippen LogP) is 2.94. The highest BCUT2D eigenvalue weighted by Gasteiger charge is 2.45. The van der Waals surface area contributed by atoms with E-state index in [9.17, 15) is 18.0 Å². The van der Waals surface area contributed by atoms with Crippen LogP contribution in [0.1, 0.15) is 36.8 Å². The molecule has 0 radical (unpaired) electrons. The van der Waals surface area contributed by atoms with E-state index in [0.29, 0.717) is 24.8 Å². The van der Waals surface area contributed by atoms with Crippen molar-refractivity contribution >= 4 is 5.91 Å². The zero-order valence-electron chi connectivity index (χ0n) is 12.6. The van der Waals surface area contributed by atoms with Gasteiger partial charge in [-0.3, -0.25) is 10.2 Å². The van der Waals surface area contributed by atoms with Crippen molar-refractivity contribution in [2.24, 2.45) is 0 Å². The number of amides is 1. The molecular formula is C16H18F3N3O. The van der Waals surface area contributed by atoms with Crippen LogP contribution in [-0.2, 0) is 11.2 Å². The second-order valence-electron chi connectivity index (χ2n) is 5.59. The molecule has 1 atom stereocenters. The Kier molecular flexibility index (Phi) is 5.61. The van der Waals surface area contributed by atoms with Crippen molar-refractivity contribution in [3.05, 3.63) is 35.4 Å². The molecule has 1 aliphatic heterocycles. The fourth-order valence-corrected chi connectivity index (χ4v) is 2.64. The number of hydrogen-bond acceptors (Lipinski definition) is 3. The smallest absolute Gasteiger partial charge is 0.288 e. The van der Waals surface area contributed by atoms with Crippen molar-refractivity contribution in [3.8, 4) is 6.07 Å². The van der Waals surface area contributed by atoms with E-state index in [2.05, 4.69) is 5.43 Å². The van der Waals surface area contributed by atoms with Crippen LogP contribution in [-0.4, -0.2) is 29.7 Å². The van der Waals surface area contributed by atoms with Gasteiger partial charge in [-0.15, -0.1) is 0 Å². The van der Waals surface area contributed by atoms with Gasteiger partial charge in [-0.2, -0.15) is 18.4 Å². The molecule has 0 aliphatic carbocycles. The maximum absolute atomic E-state index is 13.1. The predicted molar refractivity (Wildman–Crippen MR) is 78.0 cm³/mol. The van der Waals surface area contributed by atoms with Crippen molar-refractivity contribution in [1.29, 1.82) is 5.26 Å². The van der Waals surface area contributed by atoms with Crippen molar-refractivity contribution in [1.82, 2.24) is 10.4 Å². The Morgan fingerprint density at radius 1 is 1.26 bits per heavy atom. The SMILES string of the molecule is N#Cc1ccc(CCCC[C@H](N2CCC(=O)N2)C(F)(F)F)cc1.